The summed E-state index contributed by atoms with van der Waals surface area (Å²) in [6.45, 7) is 1.35. The highest BCUT2D eigenvalue weighted by atomic mass is 32.2. The van der Waals surface area contributed by atoms with E-state index in [4.69, 9.17) is 5.11 Å². The van der Waals surface area contributed by atoms with Crippen LogP contribution >= 0.6 is 11.8 Å². The molecule has 0 amide bonds. The first kappa shape index (κ1) is 15.7. The van der Waals surface area contributed by atoms with Gasteiger partial charge >= 0.3 is 5.97 Å². The molecule has 0 aliphatic rings. The first-order valence-electron chi connectivity index (χ1n) is 5.16. The van der Waals surface area contributed by atoms with Gasteiger partial charge in [-0.2, -0.15) is 0 Å². The highest BCUT2D eigenvalue weighted by Crippen LogP contribution is 2.22. The Balaban J connectivity index is 3.16. The summed E-state index contributed by atoms with van der Waals surface area (Å²) in [5.74, 6) is 2.36. The number of benzene rings is 1. The first-order valence-corrected chi connectivity index (χ1v) is 6.15. The summed E-state index contributed by atoms with van der Waals surface area (Å²) in [6, 6.07) is 1.33. The van der Waals surface area contributed by atoms with Gasteiger partial charge in [0.15, 0.2) is 5.12 Å². The van der Waals surface area contributed by atoms with E-state index in [0.29, 0.717) is 6.07 Å². The minimum absolute atomic E-state index is 0.114. The highest BCUT2D eigenvalue weighted by Gasteiger charge is 2.22. The molecule has 0 fully saturated rings. The minimum Gasteiger partial charge on any atom is -0.477 e. The van der Waals surface area contributed by atoms with Gasteiger partial charge in [0.1, 0.15) is 11.4 Å². The molecule has 0 aromatic heterocycles. The molecule has 6 nitrogen and oxygen atoms in total. The van der Waals surface area contributed by atoms with Crippen LogP contribution in [0.1, 0.15) is 22.8 Å². The molecule has 8 heteroatoms. The molecular weight excluding hydrogens is 289 g/mol. The molecule has 0 bridgehead atoms. The number of rotatable bonds is 3. The number of carbonyl (C=O) groups is 2. The van der Waals surface area contributed by atoms with E-state index in [1.54, 1.807) is 0 Å². The predicted octanol–water partition coefficient (Wildman–Crippen LogP) is 2.06. The second-order valence-corrected chi connectivity index (χ2v) is 4.65. The van der Waals surface area contributed by atoms with Gasteiger partial charge in [-0.3, -0.25) is 14.9 Å². The van der Waals surface area contributed by atoms with Crippen LogP contribution < -0.4 is 0 Å². The van der Waals surface area contributed by atoms with E-state index in [-0.39, 0.29) is 16.4 Å². The number of hydrogen-bond acceptors (Lipinski definition) is 5. The third-order valence-corrected chi connectivity index (χ3v) is 2.78. The number of carboxylic acids is 1. The van der Waals surface area contributed by atoms with Crippen LogP contribution in [0.15, 0.2) is 12.1 Å². The van der Waals surface area contributed by atoms with Crippen LogP contribution in [0.4, 0.5) is 10.1 Å². The average Bonchev–Trinajstić information content (AvgIpc) is 2.34. The Hall–Kier alpha value is -2.40. The van der Waals surface area contributed by atoms with Crippen molar-refractivity contribution in [3.63, 3.8) is 0 Å². The number of hydrogen-bond donors (Lipinski definition) is 1. The fourth-order valence-electron chi connectivity index (χ4n) is 1.25. The zero-order valence-corrected chi connectivity index (χ0v) is 11.0. The van der Waals surface area contributed by atoms with E-state index in [2.05, 4.69) is 11.8 Å². The molecule has 0 saturated carbocycles. The van der Waals surface area contributed by atoms with E-state index in [1.807, 2.05) is 0 Å². The number of halogens is 1. The van der Waals surface area contributed by atoms with Gasteiger partial charge in [-0.05, 0) is 6.07 Å². The van der Waals surface area contributed by atoms with Crippen LogP contribution in [-0.2, 0) is 4.79 Å². The number of nitro benzene ring substituents is 1. The maximum atomic E-state index is 13.6. The summed E-state index contributed by atoms with van der Waals surface area (Å²) in [4.78, 5) is 31.2. The number of thioether (sulfide) groups is 1. The Morgan fingerprint density at radius 1 is 1.50 bits per heavy atom. The Labute approximate surface area is 117 Å². The van der Waals surface area contributed by atoms with Crippen molar-refractivity contribution in [3.8, 4) is 11.8 Å². The maximum Gasteiger partial charge on any atom is 0.342 e. The fourth-order valence-corrected chi connectivity index (χ4v) is 1.60. The van der Waals surface area contributed by atoms with Crippen molar-refractivity contribution >= 4 is 28.5 Å². The Kier molecular flexibility index (Phi) is 5.23. The van der Waals surface area contributed by atoms with Crippen molar-refractivity contribution in [3.05, 3.63) is 39.2 Å². The Morgan fingerprint density at radius 2 is 2.15 bits per heavy atom. The monoisotopic (exact) mass is 297 g/mol. The molecule has 0 spiro atoms. The lowest BCUT2D eigenvalue weighted by Gasteiger charge is -2.00. The number of nitro groups is 1. The van der Waals surface area contributed by atoms with E-state index in [9.17, 15) is 24.1 Å². The first-order chi connectivity index (χ1) is 9.32. The molecule has 0 atom stereocenters. The van der Waals surface area contributed by atoms with Gasteiger partial charge in [0.05, 0.1) is 16.2 Å². The molecule has 0 heterocycles. The van der Waals surface area contributed by atoms with Gasteiger partial charge in [0.25, 0.3) is 5.69 Å². The van der Waals surface area contributed by atoms with Crippen molar-refractivity contribution in [1.82, 2.24) is 0 Å². The van der Waals surface area contributed by atoms with Crippen LogP contribution in [0, 0.1) is 27.8 Å². The number of nitrogens with zero attached hydrogens (tertiary/aromatic N) is 1. The van der Waals surface area contributed by atoms with Crippen LogP contribution in [0.25, 0.3) is 0 Å². The average molecular weight is 297 g/mol. The Bertz CT molecular complexity index is 647. The lowest BCUT2D eigenvalue weighted by atomic mass is 10.1. The van der Waals surface area contributed by atoms with Crippen molar-refractivity contribution in [2.75, 3.05) is 5.75 Å². The number of carbonyl (C=O) groups excluding carboxylic acids is 1. The van der Waals surface area contributed by atoms with Gasteiger partial charge in [-0.1, -0.05) is 23.6 Å². The fraction of sp³-hybridized carbons (Fsp3) is 0.167. The van der Waals surface area contributed by atoms with E-state index in [0.717, 1.165) is 17.8 Å². The quantitative estimate of drug-likeness (QED) is 0.521. The SMILES string of the molecule is CC(=O)SCC#Cc1cc([N+](=O)[O-])c(C(=O)O)cc1F. The smallest absolute Gasteiger partial charge is 0.342 e. The summed E-state index contributed by atoms with van der Waals surface area (Å²) >= 11 is 0.912. The zero-order chi connectivity index (χ0) is 15.3. The standard InChI is InChI=1S/C12H8FNO5S/c1-7(15)20-4-2-3-8-5-11(14(18)19)9(12(16)17)6-10(8)13/h5-6H,4H2,1H3,(H,16,17). The third kappa shape index (κ3) is 4.07. The normalized spacial score (nSPS) is 9.50. The second-order valence-electron chi connectivity index (χ2n) is 3.49. The molecule has 1 aromatic rings. The number of carboxylic acid groups (broad SMARTS) is 1. The van der Waals surface area contributed by atoms with Crippen molar-refractivity contribution in [1.29, 1.82) is 0 Å². The molecule has 1 N–H and O–H groups in total. The molecule has 1 aromatic carbocycles. The van der Waals surface area contributed by atoms with Gasteiger partial charge in [0.2, 0.25) is 0 Å². The van der Waals surface area contributed by atoms with E-state index >= 15 is 0 Å². The molecule has 104 valence electrons. The lowest BCUT2D eigenvalue weighted by Crippen LogP contribution is -2.04. The summed E-state index contributed by atoms with van der Waals surface area (Å²) in [7, 11) is 0. The van der Waals surface area contributed by atoms with Crippen LogP contribution in [-0.4, -0.2) is 26.9 Å². The molecule has 0 radical (unpaired) electrons. The van der Waals surface area contributed by atoms with E-state index in [1.165, 1.54) is 6.92 Å². The topological polar surface area (TPSA) is 97.5 Å². The van der Waals surface area contributed by atoms with E-state index < -0.39 is 28.0 Å². The third-order valence-electron chi connectivity index (χ3n) is 2.08. The lowest BCUT2D eigenvalue weighted by molar-refractivity contribution is -0.385. The maximum absolute atomic E-state index is 13.6. The summed E-state index contributed by atoms with van der Waals surface area (Å²) in [5, 5.41) is 19.3. The van der Waals surface area contributed by atoms with Crippen LogP contribution in [0.2, 0.25) is 0 Å². The van der Waals surface area contributed by atoms with Crippen LogP contribution in [0.5, 0.6) is 0 Å². The number of aromatic carboxylic acids is 1. The van der Waals surface area contributed by atoms with Gasteiger partial charge < -0.3 is 5.11 Å². The van der Waals surface area contributed by atoms with Crippen LogP contribution in [0.3, 0.4) is 0 Å². The molecule has 0 aliphatic heterocycles. The minimum atomic E-state index is -1.60. The molecular formula is C12H8FNO5S. The molecule has 0 unspecified atom stereocenters. The summed E-state index contributed by atoms with van der Waals surface area (Å²) < 4.78 is 13.6. The predicted molar refractivity (Wildman–Crippen MR) is 70.0 cm³/mol. The van der Waals surface area contributed by atoms with Crippen molar-refractivity contribution in [2.24, 2.45) is 0 Å². The van der Waals surface area contributed by atoms with Gasteiger partial charge in [0, 0.05) is 13.0 Å². The highest BCUT2D eigenvalue weighted by molar-refractivity contribution is 8.13. The zero-order valence-electron chi connectivity index (χ0n) is 10.2. The van der Waals surface area contributed by atoms with Gasteiger partial charge in [-0.25, -0.2) is 9.18 Å². The molecule has 20 heavy (non-hydrogen) atoms. The summed E-state index contributed by atoms with van der Waals surface area (Å²) in [5.41, 5.74) is -1.76. The molecule has 1 rings (SSSR count). The summed E-state index contributed by atoms with van der Waals surface area (Å²) in [6.07, 6.45) is 0. The van der Waals surface area contributed by atoms with Gasteiger partial charge in [-0.15, -0.1) is 0 Å². The second kappa shape index (κ2) is 6.68. The Morgan fingerprint density at radius 3 is 2.65 bits per heavy atom. The van der Waals surface area contributed by atoms with Crippen molar-refractivity contribution < 1.29 is 24.0 Å². The van der Waals surface area contributed by atoms with Crippen molar-refractivity contribution in [2.45, 2.75) is 6.92 Å². The largest absolute Gasteiger partial charge is 0.477 e. The molecule has 0 saturated heterocycles. The molecule has 0 aliphatic carbocycles.